The van der Waals surface area contributed by atoms with Gasteiger partial charge in [0.1, 0.15) is 0 Å². The van der Waals surface area contributed by atoms with Gasteiger partial charge in [-0.3, -0.25) is 0 Å². The molecular formula is C21H15LiNO+. The number of nitrogens with one attached hydrogen (secondary N) is 1. The summed E-state index contributed by atoms with van der Waals surface area (Å²) >= 11 is 0. The maximum absolute atomic E-state index is 12.1. The largest absolute Gasteiger partial charge is 1.00 e. The number of aromatic amines is 1. The summed E-state index contributed by atoms with van der Waals surface area (Å²) in [6.07, 6.45) is 0. The van der Waals surface area contributed by atoms with Crippen molar-refractivity contribution in [3.05, 3.63) is 84.9 Å². The Morgan fingerprint density at radius 2 is 1.33 bits per heavy atom. The molecule has 1 N–H and O–H groups in total. The van der Waals surface area contributed by atoms with Crippen LogP contribution in [0.3, 0.4) is 0 Å². The summed E-state index contributed by atoms with van der Waals surface area (Å²) in [4.78, 5) is 3.31. The van der Waals surface area contributed by atoms with E-state index in [1.165, 1.54) is 0 Å². The van der Waals surface area contributed by atoms with Gasteiger partial charge in [0.15, 0.2) is 0 Å². The summed E-state index contributed by atoms with van der Waals surface area (Å²) < 4.78 is 0. The molecule has 0 saturated heterocycles. The molecular weight excluding hydrogens is 289 g/mol. The van der Waals surface area contributed by atoms with Gasteiger partial charge in [0, 0.05) is 11.5 Å². The van der Waals surface area contributed by atoms with Crippen LogP contribution >= 0.6 is 0 Å². The molecule has 4 rings (SSSR count). The Morgan fingerprint density at radius 3 is 2.12 bits per heavy atom. The molecule has 0 unspecified atom stereocenters. The van der Waals surface area contributed by atoms with Crippen LogP contribution in [0.5, 0.6) is 5.75 Å². The number of fused-ring (bicyclic) bond motifs is 1. The van der Waals surface area contributed by atoms with Crippen LogP contribution < -0.4 is 29.0 Å². The Labute approximate surface area is 153 Å². The molecule has 0 bridgehead atoms. The normalized spacial score (nSPS) is 10.3. The van der Waals surface area contributed by atoms with Crippen LogP contribution in [0.4, 0.5) is 0 Å². The van der Waals surface area contributed by atoms with E-state index in [2.05, 4.69) is 29.2 Å². The molecule has 1 aromatic heterocycles. The molecule has 2 nitrogen and oxygen atoms in total. The summed E-state index contributed by atoms with van der Waals surface area (Å²) in [5.74, 6) is 0.0153. The zero-order chi connectivity index (χ0) is 15.6. The zero-order valence-electron chi connectivity index (χ0n) is 13.5. The fraction of sp³-hybridized carbons (Fsp3) is 0. The van der Waals surface area contributed by atoms with Gasteiger partial charge in [-0.1, -0.05) is 60.7 Å². The van der Waals surface area contributed by atoms with Crippen molar-refractivity contribution >= 4 is 10.9 Å². The smallest absolute Gasteiger partial charge is 0.868 e. The molecule has 0 fully saturated rings. The Balaban J connectivity index is 0.00000169. The average molecular weight is 304 g/mol. The second kappa shape index (κ2) is 6.93. The second-order valence-electron chi connectivity index (χ2n) is 5.50. The number of aromatic nitrogens is 1. The Bertz CT molecular complexity index is 983. The fourth-order valence-corrected chi connectivity index (χ4v) is 2.91. The maximum atomic E-state index is 12.1. The number of hydrogen-bond acceptors (Lipinski definition) is 1. The first-order valence-corrected chi connectivity index (χ1v) is 7.60. The number of H-pyrrole nitrogens is 1. The molecule has 24 heavy (non-hydrogen) atoms. The van der Waals surface area contributed by atoms with Crippen molar-refractivity contribution in [2.24, 2.45) is 0 Å². The van der Waals surface area contributed by atoms with Gasteiger partial charge in [0.05, 0.1) is 5.56 Å². The van der Waals surface area contributed by atoms with Crippen LogP contribution in [0.15, 0.2) is 84.9 Å². The summed E-state index contributed by atoms with van der Waals surface area (Å²) in [6, 6.07) is 27.8. The van der Waals surface area contributed by atoms with Crippen molar-refractivity contribution in [1.29, 1.82) is 0 Å². The van der Waals surface area contributed by atoms with E-state index >= 15 is 0 Å². The molecule has 0 spiro atoms. The standard InChI is InChI=1S/C21H15NO.Li/c23-20-12-6-9-16-13-14-19(22-21(16)20)18-11-5-4-10-17(18)15-7-2-1-3-8-15;/h1-14,23H;/q;+1. The number of hydrogen-bond donors (Lipinski definition) is 0. The molecule has 0 aliphatic rings. The van der Waals surface area contributed by atoms with Gasteiger partial charge in [-0.25, -0.2) is 4.98 Å². The third-order valence-corrected chi connectivity index (χ3v) is 4.05. The third kappa shape index (κ3) is 2.95. The molecule has 3 heteroatoms. The quantitative estimate of drug-likeness (QED) is 0.510. The van der Waals surface area contributed by atoms with E-state index in [0.29, 0.717) is 5.52 Å². The summed E-state index contributed by atoms with van der Waals surface area (Å²) in [7, 11) is 0. The number of pyridine rings is 1. The number of benzene rings is 3. The van der Waals surface area contributed by atoms with E-state index in [4.69, 9.17) is 0 Å². The maximum Gasteiger partial charge on any atom is 1.00 e. The Kier molecular flexibility index (Phi) is 4.71. The topological polar surface area (TPSA) is 37.2 Å². The molecule has 110 valence electrons. The predicted octanol–water partition coefficient (Wildman–Crippen LogP) is 1.07. The van der Waals surface area contributed by atoms with Crippen molar-refractivity contribution in [3.8, 4) is 28.1 Å². The van der Waals surface area contributed by atoms with E-state index in [1.54, 1.807) is 12.1 Å². The zero-order valence-corrected chi connectivity index (χ0v) is 13.5. The monoisotopic (exact) mass is 304 g/mol. The molecule has 3 aromatic carbocycles. The minimum absolute atomic E-state index is 0. The fourth-order valence-electron chi connectivity index (χ4n) is 2.91. The predicted molar refractivity (Wildman–Crippen MR) is 90.8 cm³/mol. The van der Waals surface area contributed by atoms with Crippen LogP contribution in [-0.4, -0.2) is 0 Å². The Morgan fingerprint density at radius 1 is 0.625 bits per heavy atom. The van der Waals surface area contributed by atoms with Crippen LogP contribution in [0.1, 0.15) is 0 Å². The van der Waals surface area contributed by atoms with Crippen LogP contribution in [0.2, 0.25) is 0 Å². The van der Waals surface area contributed by atoms with E-state index < -0.39 is 0 Å². The van der Waals surface area contributed by atoms with Gasteiger partial charge in [-0.2, -0.15) is 0 Å². The van der Waals surface area contributed by atoms with Crippen molar-refractivity contribution in [3.63, 3.8) is 0 Å². The van der Waals surface area contributed by atoms with Gasteiger partial charge in [0.25, 0.3) is 0 Å². The summed E-state index contributed by atoms with van der Waals surface area (Å²) in [5.41, 5.74) is 4.98. The molecule has 0 amide bonds. The first kappa shape index (κ1) is 16.3. The van der Waals surface area contributed by atoms with E-state index in [1.807, 2.05) is 48.5 Å². The van der Waals surface area contributed by atoms with Gasteiger partial charge >= 0.3 is 18.9 Å². The minimum atomic E-state index is 0. The number of rotatable bonds is 2. The summed E-state index contributed by atoms with van der Waals surface area (Å²) in [5, 5.41) is 13.0. The van der Waals surface area contributed by atoms with Crippen molar-refractivity contribution in [2.75, 3.05) is 0 Å². The van der Waals surface area contributed by atoms with Gasteiger partial charge in [0.2, 0.25) is 11.2 Å². The molecule has 0 atom stereocenters. The van der Waals surface area contributed by atoms with Crippen molar-refractivity contribution in [2.45, 2.75) is 0 Å². The van der Waals surface area contributed by atoms with Crippen molar-refractivity contribution in [1.82, 2.24) is 0 Å². The van der Waals surface area contributed by atoms with E-state index in [9.17, 15) is 5.11 Å². The van der Waals surface area contributed by atoms with E-state index in [0.717, 1.165) is 27.8 Å². The van der Waals surface area contributed by atoms with Crippen LogP contribution in [-0.2, 0) is 0 Å². The molecule has 0 aliphatic carbocycles. The molecule has 1 heterocycles. The summed E-state index contributed by atoms with van der Waals surface area (Å²) in [6.45, 7) is 0. The first-order valence-electron chi connectivity index (χ1n) is 7.60. The molecule has 0 saturated carbocycles. The third-order valence-electron chi connectivity index (χ3n) is 4.05. The first-order chi connectivity index (χ1) is 11.3. The second-order valence-corrected chi connectivity index (χ2v) is 5.50. The van der Waals surface area contributed by atoms with Gasteiger partial charge in [-0.15, -0.1) is 0 Å². The van der Waals surface area contributed by atoms with Crippen LogP contribution in [0.25, 0.3) is 33.3 Å². The van der Waals surface area contributed by atoms with Crippen LogP contribution in [0, 0.1) is 0 Å². The van der Waals surface area contributed by atoms with Gasteiger partial charge in [-0.05, 0) is 35.1 Å². The minimum Gasteiger partial charge on any atom is -0.868 e. The Hall–Kier alpha value is -2.53. The number of para-hydroxylation sites is 1. The van der Waals surface area contributed by atoms with Gasteiger partial charge < -0.3 is 5.11 Å². The van der Waals surface area contributed by atoms with Crippen molar-refractivity contribution < 1.29 is 29.0 Å². The molecule has 0 radical (unpaired) electrons. The molecule has 0 aliphatic heterocycles. The average Bonchev–Trinajstić information content (AvgIpc) is 2.63. The SMILES string of the molecule is [Li+].[O-]c1cccc2ccc(-c3ccccc3-c3ccccc3)[nH+]c12. The molecule has 4 aromatic rings. The van der Waals surface area contributed by atoms with E-state index in [-0.39, 0.29) is 24.6 Å².